The molecule has 1 heterocycles. The Morgan fingerprint density at radius 1 is 1.56 bits per heavy atom. The zero-order valence-electron chi connectivity index (χ0n) is 11.2. The molecule has 1 aromatic rings. The molecule has 0 aliphatic rings. The molecule has 6 heteroatoms. The number of hydrogen-bond donors (Lipinski definition) is 2. The van der Waals surface area contributed by atoms with Crippen LogP contribution in [-0.4, -0.2) is 39.3 Å². The van der Waals surface area contributed by atoms with Gasteiger partial charge in [-0.3, -0.25) is 4.79 Å². The van der Waals surface area contributed by atoms with Crippen LogP contribution in [0.1, 0.15) is 23.5 Å². The SMILES string of the molecule is CCNC(=O)c1sc(N(CC)CCOC)cc1N. The van der Waals surface area contributed by atoms with Gasteiger partial charge in [0.2, 0.25) is 0 Å². The maximum atomic E-state index is 11.8. The quantitative estimate of drug-likeness (QED) is 0.789. The van der Waals surface area contributed by atoms with Crippen LogP contribution in [0, 0.1) is 0 Å². The zero-order valence-corrected chi connectivity index (χ0v) is 12.0. The van der Waals surface area contributed by atoms with Gasteiger partial charge in [-0.05, 0) is 19.9 Å². The van der Waals surface area contributed by atoms with Crippen molar-refractivity contribution < 1.29 is 9.53 Å². The van der Waals surface area contributed by atoms with E-state index in [-0.39, 0.29) is 5.91 Å². The Labute approximate surface area is 112 Å². The Kier molecular flexibility index (Phi) is 5.94. The van der Waals surface area contributed by atoms with Gasteiger partial charge in [-0.1, -0.05) is 0 Å². The maximum Gasteiger partial charge on any atom is 0.263 e. The molecule has 0 saturated carbocycles. The van der Waals surface area contributed by atoms with Gasteiger partial charge < -0.3 is 20.7 Å². The van der Waals surface area contributed by atoms with Crippen LogP contribution in [0.5, 0.6) is 0 Å². The smallest absolute Gasteiger partial charge is 0.263 e. The average molecular weight is 271 g/mol. The number of nitrogen functional groups attached to an aromatic ring is 1. The first-order valence-electron chi connectivity index (χ1n) is 6.05. The van der Waals surface area contributed by atoms with Gasteiger partial charge in [0.15, 0.2) is 0 Å². The van der Waals surface area contributed by atoms with Gasteiger partial charge in [-0.2, -0.15) is 0 Å². The number of likely N-dealkylation sites (N-methyl/N-ethyl adjacent to an activating group) is 1. The lowest BCUT2D eigenvalue weighted by atomic mass is 10.3. The molecular formula is C12H21N3O2S. The van der Waals surface area contributed by atoms with Crippen LogP contribution in [0.25, 0.3) is 0 Å². The Morgan fingerprint density at radius 3 is 2.83 bits per heavy atom. The molecule has 1 amide bonds. The van der Waals surface area contributed by atoms with E-state index in [9.17, 15) is 4.79 Å². The molecule has 1 aromatic heterocycles. The summed E-state index contributed by atoms with van der Waals surface area (Å²) in [7, 11) is 1.68. The van der Waals surface area contributed by atoms with Crippen molar-refractivity contribution in [1.82, 2.24) is 5.32 Å². The fraction of sp³-hybridized carbons (Fsp3) is 0.583. The van der Waals surface area contributed by atoms with Gasteiger partial charge in [0, 0.05) is 26.7 Å². The third kappa shape index (κ3) is 3.61. The predicted molar refractivity (Wildman–Crippen MR) is 76.5 cm³/mol. The first-order chi connectivity index (χ1) is 8.63. The molecule has 0 fully saturated rings. The molecule has 3 N–H and O–H groups in total. The van der Waals surface area contributed by atoms with Crippen LogP contribution in [0.2, 0.25) is 0 Å². The van der Waals surface area contributed by atoms with Gasteiger partial charge in [0.05, 0.1) is 17.3 Å². The lowest BCUT2D eigenvalue weighted by molar-refractivity contribution is 0.0960. The Hall–Kier alpha value is -1.27. The van der Waals surface area contributed by atoms with E-state index in [2.05, 4.69) is 17.1 Å². The second-order valence-electron chi connectivity index (χ2n) is 3.80. The highest BCUT2D eigenvalue weighted by Crippen LogP contribution is 2.31. The first kappa shape index (κ1) is 14.8. The maximum absolute atomic E-state index is 11.8. The molecule has 0 aromatic carbocycles. The summed E-state index contributed by atoms with van der Waals surface area (Å²) in [5, 5.41) is 3.77. The molecule has 0 bridgehead atoms. The summed E-state index contributed by atoms with van der Waals surface area (Å²) in [4.78, 5) is 14.5. The fourth-order valence-corrected chi connectivity index (χ4v) is 2.68. The summed E-state index contributed by atoms with van der Waals surface area (Å²) < 4.78 is 5.07. The van der Waals surface area contributed by atoms with Gasteiger partial charge >= 0.3 is 0 Å². The van der Waals surface area contributed by atoms with Gasteiger partial charge in [0.1, 0.15) is 4.88 Å². The third-order valence-electron chi connectivity index (χ3n) is 2.55. The number of hydrogen-bond acceptors (Lipinski definition) is 5. The Morgan fingerprint density at radius 2 is 2.28 bits per heavy atom. The highest BCUT2D eigenvalue weighted by molar-refractivity contribution is 7.18. The molecule has 0 radical (unpaired) electrons. The van der Waals surface area contributed by atoms with E-state index in [1.54, 1.807) is 7.11 Å². The highest BCUT2D eigenvalue weighted by Gasteiger charge is 2.16. The van der Waals surface area contributed by atoms with Gasteiger partial charge in [-0.15, -0.1) is 11.3 Å². The first-order valence-corrected chi connectivity index (χ1v) is 6.87. The van der Waals surface area contributed by atoms with E-state index in [1.807, 2.05) is 13.0 Å². The van der Waals surface area contributed by atoms with Crippen LogP contribution in [0.15, 0.2) is 6.07 Å². The molecule has 0 unspecified atom stereocenters. The van der Waals surface area contributed by atoms with Gasteiger partial charge in [-0.25, -0.2) is 0 Å². The lowest BCUT2D eigenvalue weighted by Gasteiger charge is -2.20. The molecule has 0 saturated heterocycles. The third-order valence-corrected chi connectivity index (χ3v) is 3.76. The van der Waals surface area contributed by atoms with Crippen molar-refractivity contribution in [2.45, 2.75) is 13.8 Å². The number of amides is 1. The molecule has 0 aliphatic heterocycles. The molecule has 0 atom stereocenters. The topological polar surface area (TPSA) is 67.6 Å². The van der Waals surface area contributed by atoms with Crippen molar-refractivity contribution in [3.8, 4) is 0 Å². The predicted octanol–water partition coefficient (Wildman–Crippen LogP) is 1.55. The van der Waals surface area contributed by atoms with E-state index < -0.39 is 0 Å². The van der Waals surface area contributed by atoms with Crippen molar-refractivity contribution in [3.63, 3.8) is 0 Å². The molecular weight excluding hydrogens is 250 g/mol. The molecule has 0 spiro atoms. The van der Waals surface area contributed by atoms with Crippen molar-refractivity contribution in [2.24, 2.45) is 0 Å². The summed E-state index contributed by atoms with van der Waals surface area (Å²) in [6.07, 6.45) is 0. The molecule has 1 rings (SSSR count). The number of rotatable bonds is 7. The second kappa shape index (κ2) is 7.23. The number of thiophene rings is 1. The number of carbonyl (C=O) groups excluding carboxylic acids is 1. The molecule has 5 nitrogen and oxygen atoms in total. The van der Waals surface area contributed by atoms with E-state index in [0.717, 1.165) is 18.1 Å². The van der Waals surface area contributed by atoms with Crippen LogP contribution in [-0.2, 0) is 4.74 Å². The summed E-state index contributed by atoms with van der Waals surface area (Å²) in [5.74, 6) is -0.103. The van der Waals surface area contributed by atoms with E-state index in [1.165, 1.54) is 11.3 Å². The molecule has 18 heavy (non-hydrogen) atoms. The Balaban J connectivity index is 2.84. The Bertz CT molecular complexity index is 393. The summed E-state index contributed by atoms with van der Waals surface area (Å²) >= 11 is 1.42. The second-order valence-corrected chi connectivity index (χ2v) is 4.83. The lowest BCUT2D eigenvalue weighted by Crippen LogP contribution is -2.25. The van der Waals surface area contributed by atoms with Crippen molar-refractivity contribution in [3.05, 3.63) is 10.9 Å². The molecule has 0 aliphatic carbocycles. The minimum Gasteiger partial charge on any atom is -0.397 e. The minimum atomic E-state index is -0.103. The van der Waals surface area contributed by atoms with E-state index in [0.29, 0.717) is 23.7 Å². The summed E-state index contributed by atoms with van der Waals surface area (Å²) in [6, 6.07) is 1.86. The number of anilines is 2. The van der Waals surface area contributed by atoms with Crippen molar-refractivity contribution >= 4 is 27.9 Å². The molecule has 102 valence electrons. The number of nitrogens with one attached hydrogen (secondary N) is 1. The van der Waals surface area contributed by atoms with Crippen LogP contribution >= 0.6 is 11.3 Å². The van der Waals surface area contributed by atoms with E-state index in [4.69, 9.17) is 10.5 Å². The number of ether oxygens (including phenoxy) is 1. The summed E-state index contributed by atoms with van der Waals surface area (Å²) in [5.41, 5.74) is 6.42. The average Bonchev–Trinajstić information content (AvgIpc) is 2.73. The minimum absolute atomic E-state index is 0.103. The zero-order chi connectivity index (χ0) is 13.5. The number of carbonyl (C=O) groups is 1. The van der Waals surface area contributed by atoms with Crippen LogP contribution in [0.3, 0.4) is 0 Å². The van der Waals surface area contributed by atoms with Crippen LogP contribution in [0.4, 0.5) is 10.7 Å². The standard InChI is InChI=1S/C12H21N3O2S/c1-4-14-12(16)11-9(13)8-10(18-11)15(5-2)6-7-17-3/h8H,4-7,13H2,1-3H3,(H,14,16). The van der Waals surface area contributed by atoms with Crippen molar-refractivity contribution in [1.29, 1.82) is 0 Å². The normalized spacial score (nSPS) is 10.4. The number of methoxy groups -OCH3 is 1. The van der Waals surface area contributed by atoms with E-state index >= 15 is 0 Å². The highest BCUT2D eigenvalue weighted by atomic mass is 32.1. The van der Waals surface area contributed by atoms with Gasteiger partial charge in [0.25, 0.3) is 5.91 Å². The monoisotopic (exact) mass is 271 g/mol. The largest absolute Gasteiger partial charge is 0.397 e. The number of nitrogens with zero attached hydrogens (tertiary/aromatic N) is 1. The summed E-state index contributed by atoms with van der Waals surface area (Å²) in [6.45, 7) is 6.87. The van der Waals surface area contributed by atoms with Crippen molar-refractivity contribution in [2.75, 3.05) is 44.0 Å². The fourth-order valence-electron chi connectivity index (χ4n) is 1.59. The number of nitrogens with two attached hydrogens (primary N) is 1. The van der Waals surface area contributed by atoms with Crippen LogP contribution < -0.4 is 16.0 Å².